The van der Waals surface area contributed by atoms with Crippen molar-refractivity contribution in [3.05, 3.63) is 47.3 Å². The number of piperidine rings is 2. The van der Waals surface area contributed by atoms with Crippen LogP contribution in [0.2, 0.25) is 0 Å². The van der Waals surface area contributed by atoms with Crippen molar-refractivity contribution < 1.29 is 32.2 Å². The standard InChI is InChI=1S/C34H39F3N6O4S/c1-5-21-15-22(9-10-28(21)46-14-13-40-19-24-8-7-23(40)20-41(24)31(45)47-32(2,3)4)43-30(48)42(29(44)33(43)11-6-12-33)25-16-26(34(35,36)37)27(17-38)39-18-25/h9-10,15-16,18,23-24H,5-8,11-14,19-20H2,1-4H3/t23-,24-/m0/s1. The number of halogens is 3. The van der Waals surface area contributed by atoms with Crippen LogP contribution in [-0.4, -0.2) is 81.4 Å². The van der Waals surface area contributed by atoms with Gasteiger partial charge in [-0.2, -0.15) is 18.4 Å². The summed E-state index contributed by atoms with van der Waals surface area (Å²) in [5.41, 5.74) is -2.08. The molecule has 1 spiro atoms. The molecule has 2 amide bonds. The molecule has 0 unspecified atom stereocenters. The maximum absolute atomic E-state index is 13.9. The van der Waals surface area contributed by atoms with Crippen molar-refractivity contribution in [1.82, 2.24) is 14.8 Å². The van der Waals surface area contributed by atoms with Gasteiger partial charge in [-0.15, -0.1) is 0 Å². The summed E-state index contributed by atoms with van der Waals surface area (Å²) in [5.74, 6) is 0.304. The minimum atomic E-state index is -4.83. The van der Waals surface area contributed by atoms with Crippen LogP contribution in [0.25, 0.3) is 0 Å². The molecule has 256 valence electrons. The molecule has 4 aliphatic heterocycles. The molecule has 5 fully saturated rings. The van der Waals surface area contributed by atoms with Crippen molar-refractivity contribution in [2.24, 2.45) is 0 Å². The van der Waals surface area contributed by atoms with Crippen LogP contribution in [0.3, 0.4) is 0 Å². The molecule has 5 aliphatic rings. The molecule has 7 rings (SSSR count). The summed E-state index contributed by atoms with van der Waals surface area (Å²) in [6, 6.07) is 8.21. The summed E-state index contributed by atoms with van der Waals surface area (Å²) in [4.78, 5) is 37.4. The van der Waals surface area contributed by atoms with E-state index in [9.17, 15) is 28.0 Å². The number of alkyl halides is 3. The van der Waals surface area contributed by atoms with Crippen LogP contribution in [0.15, 0.2) is 30.5 Å². The average molecular weight is 685 g/mol. The topological polar surface area (TPSA) is 102 Å². The monoisotopic (exact) mass is 684 g/mol. The fraction of sp³-hybridized carbons (Fsp3) is 0.559. The first kappa shape index (κ1) is 33.9. The Hall–Kier alpha value is -3.96. The van der Waals surface area contributed by atoms with Gasteiger partial charge < -0.3 is 19.3 Å². The lowest BCUT2D eigenvalue weighted by Gasteiger charge is -2.51. The van der Waals surface area contributed by atoms with Gasteiger partial charge in [0.2, 0.25) is 0 Å². The average Bonchev–Trinajstić information content (AvgIpc) is 3.26. The third-order valence-corrected chi connectivity index (χ3v) is 10.1. The van der Waals surface area contributed by atoms with E-state index in [1.165, 1.54) is 6.07 Å². The minimum absolute atomic E-state index is 0.0654. The first-order valence-electron chi connectivity index (χ1n) is 16.3. The smallest absolute Gasteiger partial charge is 0.419 e. The number of ether oxygens (including phenoxy) is 2. The van der Waals surface area contributed by atoms with E-state index in [0.717, 1.165) is 48.5 Å². The van der Waals surface area contributed by atoms with E-state index in [1.54, 1.807) is 4.90 Å². The Kier molecular flexibility index (Phi) is 8.83. The highest BCUT2D eigenvalue weighted by Gasteiger charge is 2.60. The van der Waals surface area contributed by atoms with E-state index in [4.69, 9.17) is 21.7 Å². The lowest BCUT2D eigenvalue weighted by molar-refractivity contribution is -0.138. The molecule has 2 atom stereocenters. The number of pyridine rings is 1. The number of aryl methyl sites for hydroxylation is 1. The van der Waals surface area contributed by atoms with Crippen molar-refractivity contribution >= 4 is 40.7 Å². The number of piperazine rings is 1. The van der Waals surface area contributed by atoms with Crippen LogP contribution in [0.5, 0.6) is 5.75 Å². The number of fused-ring (bicyclic) bond motifs is 3. The Balaban J connectivity index is 1.16. The summed E-state index contributed by atoms with van der Waals surface area (Å²) in [5, 5.41) is 9.25. The molecule has 5 heterocycles. The van der Waals surface area contributed by atoms with Gasteiger partial charge in [-0.05, 0) is 101 Å². The van der Waals surface area contributed by atoms with Gasteiger partial charge in [0.25, 0.3) is 5.91 Å². The van der Waals surface area contributed by atoms with Crippen molar-refractivity contribution in [2.75, 3.05) is 36.0 Å². The molecule has 14 heteroatoms. The quantitative estimate of drug-likeness (QED) is 0.322. The predicted molar refractivity (Wildman–Crippen MR) is 176 cm³/mol. The van der Waals surface area contributed by atoms with Gasteiger partial charge in [0, 0.05) is 37.4 Å². The summed E-state index contributed by atoms with van der Waals surface area (Å²) in [6.45, 7) is 10.2. The number of nitrogens with zero attached hydrogens (tertiary/aromatic N) is 6. The van der Waals surface area contributed by atoms with Crippen LogP contribution >= 0.6 is 12.2 Å². The normalized spacial score (nSPS) is 22.2. The molecule has 1 saturated carbocycles. The van der Waals surface area contributed by atoms with Gasteiger partial charge >= 0.3 is 12.3 Å². The number of amides is 2. The summed E-state index contributed by atoms with van der Waals surface area (Å²) >= 11 is 5.77. The number of hydrogen-bond acceptors (Lipinski definition) is 8. The van der Waals surface area contributed by atoms with Crippen molar-refractivity contribution in [2.45, 2.75) is 95.6 Å². The Morgan fingerprint density at radius 2 is 1.85 bits per heavy atom. The molecule has 0 N–H and O–H groups in total. The molecule has 1 aromatic heterocycles. The largest absolute Gasteiger partial charge is 0.492 e. The lowest BCUT2D eigenvalue weighted by atomic mass is 9.75. The second kappa shape index (κ2) is 12.5. The van der Waals surface area contributed by atoms with E-state index >= 15 is 0 Å². The van der Waals surface area contributed by atoms with Crippen LogP contribution in [0.1, 0.15) is 76.6 Å². The number of aromatic nitrogens is 1. The van der Waals surface area contributed by atoms with Gasteiger partial charge in [-0.1, -0.05) is 6.92 Å². The molecule has 2 aromatic rings. The zero-order valence-corrected chi connectivity index (χ0v) is 28.3. The number of carbonyl (C=O) groups is 2. The van der Waals surface area contributed by atoms with Crippen molar-refractivity contribution in [1.29, 1.82) is 5.26 Å². The zero-order chi connectivity index (χ0) is 34.6. The number of nitriles is 1. The van der Waals surface area contributed by atoms with Crippen LogP contribution in [-0.2, 0) is 22.1 Å². The molecule has 1 aliphatic carbocycles. The van der Waals surface area contributed by atoms with Crippen LogP contribution in [0.4, 0.5) is 29.3 Å². The zero-order valence-electron chi connectivity index (χ0n) is 27.5. The highest BCUT2D eigenvalue weighted by atomic mass is 32.1. The summed E-state index contributed by atoms with van der Waals surface area (Å²) in [6.07, 6.45) is 0.387. The maximum Gasteiger partial charge on any atom is 0.419 e. The van der Waals surface area contributed by atoms with E-state index in [0.29, 0.717) is 50.4 Å². The third-order valence-electron chi connectivity index (χ3n) is 9.73. The van der Waals surface area contributed by atoms with Crippen LogP contribution in [0, 0.1) is 11.3 Å². The fourth-order valence-electron chi connectivity index (χ4n) is 7.22. The van der Waals surface area contributed by atoms with Crippen molar-refractivity contribution in [3.63, 3.8) is 0 Å². The number of carbonyl (C=O) groups excluding carboxylic acids is 2. The van der Waals surface area contributed by atoms with Gasteiger partial charge in [-0.3, -0.25) is 14.6 Å². The fourth-order valence-corrected chi connectivity index (χ4v) is 7.69. The molecule has 48 heavy (non-hydrogen) atoms. The molecule has 10 nitrogen and oxygen atoms in total. The Bertz CT molecular complexity index is 1670. The van der Waals surface area contributed by atoms with E-state index in [2.05, 4.69) is 9.88 Å². The summed E-state index contributed by atoms with van der Waals surface area (Å²) < 4.78 is 53.1. The third kappa shape index (κ3) is 6.07. The highest BCUT2D eigenvalue weighted by Crippen LogP contribution is 2.49. The molecule has 1 aromatic carbocycles. The van der Waals surface area contributed by atoms with Gasteiger partial charge in [0.05, 0.1) is 17.4 Å². The molecule has 4 saturated heterocycles. The highest BCUT2D eigenvalue weighted by molar-refractivity contribution is 7.81. The first-order valence-corrected chi connectivity index (χ1v) is 16.7. The summed E-state index contributed by atoms with van der Waals surface area (Å²) in [7, 11) is 0. The van der Waals surface area contributed by atoms with Crippen LogP contribution < -0.4 is 14.5 Å². The second-order valence-corrected chi connectivity index (χ2v) is 14.2. The number of thiocarbonyl (C=S) groups is 1. The van der Waals surface area contributed by atoms with Gasteiger partial charge in [0.15, 0.2) is 10.8 Å². The SMILES string of the molecule is CCc1cc(N2C(=S)N(c3cnc(C#N)c(C(F)(F)F)c3)C(=O)C23CCC3)ccc1OCCN1C[C@@H]2CC[C@H]1CN2C(=O)OC(C)(C)C. The van der Waals surface area contributed by atoms with Gasteiger partial charge in [0.1, 0.15) is 29.6 Å². The van der Waals surface area contributed by atoms with E-state index < -0.39 is 34.5 Å². The first-order chi connectivity index (χ1) is 22.7. The predicted octanol–water partition coefficient (Wildman–Crippen LogP) is 6.06. The van der Waals surface area contributed by atoms with Gasteiger partial charge in [-0.25, -0.2) is 9.78 Å². The minimum Gasteiger partial charge on any atom is -0.492 e. The Morgan fingerprint density at radius 3 is 2.44 bits per heavy atom. The number of anilines is 2. The van der Waals surface area contributed by atoms with E-state index in [1.807, 2.05) is 50.8 Å². The number of benzene rings is 1. The Labute approximate surface area is 283 Å². The molecule has 2 bridgehead atoms. The maximum atomic E-state index is 13.9. The molecular weight excluding hydrogens is 645 g/mol. The Morgan fingerprint density at radius 1 is 1.12 bits per heavy atom. The van der Waals surface area contributed by atoms with E-state index in [-0.39, 0.29) is 29.0 Å². The molecule has 0 radical (unpaired) electrons. The molecular formula is C34H39F3N6O4S. The lowest BCUT2D eigenvalue weighted by Crippen LogP contribution is -2.64. The number of rotatable bonds is 7. The van der Waals surface area contributed by atoms with Crippen molar-refractivity contribution in [3.8, 4) is 11.8 Å². The second-order valence-electron chi connectivity index (χ2n) is 13.8. The number of hydrogen-bond donors (Lipinski definition) is 0.